The minimum Gasteiger partial charge on any atom is -0.481 e. The number of carbonyl (C=O) groups excluding carboxylic acids is 1. The van der Waals surface area contributed by atoms with Gasteiger partial charge in [0.1, 0.15) is 5.82 Å². The van der Waals surface area contributed by atoms with E-state index >= 15 is 0 Å². The Balaban J connectivity index is 2.10. The molecule has 6 heteroatoms. The first-order chi connectivity index (χ1) is 10.9. The quantitative estimate of drug-likeness (QED) is 0.731. The van der Waals surface area contributed by atoms with Gasteiger partial charge in [0.2, 0.25) is 5.91 Å². The number of H-pyrrole nitrogens is 1. The van der Waals surface area contributed by atoms with Crippen LogP contribution < -0.4 is 5.32 Å². The van der Waals surface area contributed by atoms with Crippen molar-refractivity contribution in [2.45, 2.75) is 46.1 Å². The predicted octanol–water partition coefficient (Wildman–Crippen LogP) is 2.94. The van der Waals surface area contributed by atoms with E-state index in [0.717, 1.165) is 22.4 Å². The van der Waals surface area contributed by atoms with E-state index in [1.165, 1.54) is 0 Å². The van der Waals surface area contributed by atoms with Crippen molar-refractivity contribution in [1.29, 1.82) is 0 Å². The molecule has 1 atom stereocenters. The first-order valence-electron chi connectivity index (χ1n) is 7.84. The number of hydrogen-bond donors (Lipinski definition) is 3. The highest BCUT2D eigenvalue weighted by atomic mass is 16.4. The van der Waals surface area contributed by atoms with Crippen LogP contribution >= 0.6 is 0 Å². The molecule has 0 unspecified atom stereocenters. The van der Waals surface area contributed by atoms with Crippen LogP contribution in [0, 0.1) is 12.8 Å². The molecule has 0 fully saturated rings. The van der Waals surface area contributed by atoms with Gasteiger partial charge in [-0.25, -0.2) is 4.98 Å². The Morgan fingerprint density at radius 3 is 2.70 bits per heavy atom. The fourth-order valence-electron chi connectivity index (χ4n) is 2.49. The third-order valence-electron chi connectivity index (χ3n) is 3.73. The molecule has 1 aromatic carbocycles. The minimum absolute atomic E-state index is 0.00365. The van der Waals surface area contributed by atoms with Crippen molar-refractivity contribution >= 4 is 22.9 Å². The first-order valence-corrected chi connectivity index (χ1v) is 7.84. The zero-order valence-electron chi connectivity index (χ0n) is 13.7. The highest BCUT2D eigenvalue weighted by molar-refractivity contribution is 5.78. The number of imidazole rings is 1. The Morgan fingerprint density at radius 2 is 2.04 bits per heavy atom. The largest absolute Gasteiger partial charge is 0.481 e. The van der Waals surface area contributed by atoms with Crippen molar-refractivity contribution in [3.8, 4) is 0 Å². The summed E-state index contributed by atoms with van der Waals surface area (Å²) in [6.45, 7) is 6.05. The molecule has 3 N–H and O–H groups in total. The molecule has 0 aliphatic heterocycles. The molecule has 0 aliphatic carbocycles. The Hall–Kier alpha value is -2.37. The number of benzene rings is 1. The molecule has 2 rings (SSSR count). The third kappa shape index (κ3) is 4.55. The van der Waals surface area contributed by atoms with E-state index in [1.807, 2.05) is 39.0 Å². The van der Waals surface area contributed by atoms with Gasteiger partial charge >= 0.3 is 5.97 Å². The first kappa shape index (κ1) is 17.0. The summed E-state index contributed by atoms with van der Waals surface area (Å²) >= 11 is 0. The summed E-state index contributed by atoms with van der Waals surface area (Å²) in [5.74, 6) is -0.139. The minimum atomic E-state index is -0.883. The average Bonchev–Trinajstić information content (AvgIpc) is 2.86. The monoisotopic (exact) mass is 317 g/mol. The van der Waals surface area contributed by atoms with Crippen LogP contribution in [0.3, 0.4) is 0 Å². The van der Waals surface area contributed by atoms with Crippen molar-refractivity contribution in [3.05, 3.63) is 29.6 Å². The number of aliphatic carboxylic acids is 1. The van der Waals surface area contributed by atoms with E-state index < -0.39 is 5.97 Å². The Morgan fingerprint density at radius 1 is 1.30 bits per heavy atom. The number of aromatic nitrogens is 2. The lowest BCUT2D eigenvalue weighted by Crippen LogP contribution is -2.32. The van der Waals surface area contributed by atoms with Gasteiger partial charge in [-0.15, -0.1) is 0 Å². The number of carboxylic acids is 1. The number of nitrogens with one attached hydrogen (secondary N) is 2. The third-order valence-corrected chi connectivity index (χ3v) is 3.73. The Bertz CT molecular complexity index is 706. The van der Waals surface area contributed by atoms with E-state index in [0.29, 0.717) is 6.42 Å². The van der Waals surface area contributed by atoms with E-state index in [2.05, 4.69) is 15.3 Å². The standard InChI is InChI=1S/C17H23N3O3/c1-10(2)16(20-14(21)5-4-6-15(22)23)17-18-12-8-7-11(3)9-13(12)19-17/h7-10,16H,4-6H2,1-3H3,(H,18,19)(H,20,21)(H,22,23)/t16-/m1/s1. The second-order valence-corrected chi connectivity index (χ2v) is 6.18. The van der Waals surface area contributed by atoms with Gasteiger partial charge in [0.05, 0.1) is 17.1 Å². The second kappa shape index (κ2) is 7.26. The van der Waals surface area contributed by atoms with Crippen LogP contribution in [0.25, 0.3) is 11.0 Å². The number of rotatable bonds is 7. The predicted molar refractivity (Wildman–Crippen MR) is 88.0 cm³/mol. The maximum Gasteiger partial charge on any atom is 0.303 e. The molecule has 1 amide bonds. The van der Waals surface area contributed by atoms with E-state index in [1.54, 1.807) is 0 Å². The number of carbonyl (C=O) groups is 2. The summed E-state index contributed by atoms with van der Waals surface area (Å²) < 4.78 is 0. The van der Waals surface area contributed by atoms with Gasteiger partial charge in [-0.2, -0.15) is 0 Å². The van der Waals surface area contributed by atoms with Gasteiger partial charge in [0.25, 0.3) is 0 Å². The number of amides is 1. The van der Waals surface area contributed by atoms with Gasteiger partial charge < -0.3 is 15.4 Å². The molecule has 1 heterocycles. The highest BCUT2D eigenvalue weighted by Gasteiger charge is 2.21. The Kier molecular flexibility index (Phi) is 5.36. The molecular weight excluding hydrogens is 294 g/mol. The lowest BCUT2D eigenvalue weighted by atomic mass is 10.0. The van der Waals surface area contributed by atoms with Crippen LogP contribution in [0.4, 0.5) is 0 Å². The summed E-state index contributed by atoms with van der Waals surface area (Å²) in [7, 11) is 0. The van der Waals surface area contributed by atoms with Crippen LogP contribution in [0.15, 0.2) is 18.2 Å². The smallest absolute Gasteiger partial charge is 0.303 e. The molecule has 124 valence electrons. The maximum absolute atomic E-state index is 12.0. The second-order valence-electron chi connectivity index (χ2n) is 6.18. The van der Waals surface area contributed by atoms with Crippen LogP contribution in [0.2, 0.25) is 0 Å². The van der Waals surface area contributed by atoms with E-state index in [-0.39, 0.29) is 30.7 Å². The van der Waals surface area contributed by atoms with Crippen LogP contribution in [0.1, 0.15) is 50.5 Å². The zero-order chi connectivity index (χ0) is 17.0. The number of hydrogen-bond acceptors (Lipinski definition) is 3. The summed E-state index contributed by atoms with van der Waals surface area (Å²) in [5.41, 5.74) is 2.97. The summed E-state index contributed by atoms with van der Waals surface area (Å²) in [6.07, 6.45) is 0.545. The maximum atomic E-state index is 12.0. The van der Waals surface area contributed by atoms with Crippen LogP contribution in [-0.2, 0) is 9.59 Å². The molecule has 1 aromatic heterocycles. The van der Waals surface area contributed by atoms with Crippen molar-refractivity contribution in [3.63, 3.8) is 0 Å². The number of aryl methyl sites for hydroxylation is 1. The Labute approximate surface area is 135 Å². The lowest BCUT2D eigenvalue weighted by molar-refractivity contribution is -0.137. The average molecular weight is 317 g/mol. The molecule has 6 nitrogen and oxygen atoms in total. The molecule has 0 spiro atoms. The molecule has 23 heavy (non-hydrogen) atoms. The summed E-state index contributed by atoms with van der Waals surface area (Å²) in [5, 5.41) is 11.6. The molecule has 0 saturated heterocycles. The summed E-state index contributed by atoms with van der Waals surface area (Å²) in [6, 6.07) is 5.76. The molecule has 0 aliphatic rings. The number of aromatic amines is 1. The van der Waals surface area contributed by atoms with Crippen molar-refractivity contribution in [2.24, 2.45) is 5.92 Å². The van der Waals surface area contributed by atoms with Crippen LogP contribution in [-0.4, -0.2) is 27.0 Å². The highest BCUT2D eigenvalue weighted by Crippen LogP contribution is 2.23. The zero-order valence-corrected chi connectivity index (χ0v) is 13.7. The van der Waals surface area contributed by atoms with Crippen molar-refractivity contribution in [1.82, 2.24) is 15.3 Å². The summed E-state index contributed by atoms with van der Waals surface area (Å²) in [4.78, 5) is 30.4. The van der Waals surface area contributed by atoms with Gasteiger partial charge in [-0.1, -0.05) is 19.9 Å². The fourth-order valence-corrected chi connectivity index (χ4v) is 2.49. The van der Waals surface area contributed by atoms with Gasteiger partial charge in [-0.05, 0) is 37.0 Å². The van der Waals surface area contributed by atoms with Crippen LogP contribution in [0.5, 0.6) is 0 Å². The van der Waals surface area contributed by atoms with E-state index in [4.69, 9.17) is 5.11 Å². The van der Waals surface area contributed by atoms with Crippen molar-refractivity contribution in [2.75, 3.05) is 0 Å². The molecule has 0 radical (unpaired) electrons. The number of fused-ring (bicyclic) bond motifs is 1. The topological polar surface area (TPSA) is 95.1 Å². The van der Waals surface area contributed by atoms with Crippen molar-refractivity contribution < 1.29 is 14.7 Å². The molecule has 0 saturated carbocycles. The lowest BCUT2D eigenvalue weighted by Gasteiger charge is -2.20. The number of nitrogens with zero attached hydrogens (tertiary/aromatic N) is 1. The fraction of sp³-hybridized carbons (Fsp3) is 0.471. The van der Waals surface area contributed by atoms with Gasteiger partial charge in [0.15, 0.2) is 0 Å². The molecular formula is C17H23N3O3. The van der Waals surface area contributed by atoms with E-state index in [9.17, 15) is 9.59 Å². The van der Waals surface area contributed by atoms with Gasteiger partial charge in [-0.3, -0.25) is 9.59 Å². The SMILES string of the molecule is Cc1ccc2nc([C@H](NC(=O)CCCC(=O)O)C(C)C)[nH]c2c1. The molecule has 0 bridgehead atoms. The number of carboxylic acid groups (broad SMARTS) is 1. The normalized spacial score (nSPS) is 12.5. The van der Waals surface area contributed by atoms with Gasteiger partial charge in [0, 0.05) is 12.8 Å². The molecule has 2 aromatic rings.